The lowest BCUT2D eigenvalue weighted by molar-refractivity contribution is 0.126. The molecule has 0 unspecified atom stereocenters. The van der Waals surface area contributed by atoms with Crippen molar-refractivity contribution in [3.8, 4) is 11.8 Å². The fourth-order valence-corrected chi connectivity index (χ4v) is 2.81. The van der Waals surface area contributed by atoms with Gasteiger partial charge in [-0.25, -0.2) is 0 Å². The zero-order valence-electron chi connectivity index (χ0n) is 12.9. The number of nitriles is 1. The summed E-state index contributed by atoms with van der Waals surface area (Å²) >= 11 is 0. The van der Waals surface area contributed by atoms with Crippen molar-refractivity contribution in [2.75, 3.05) is 6.61 Å². The molecule has 1 aromatic carbocycles. The van der Waals surface area contributed by atoms with Gasteiger partial charge in [-0.05, 0) is 38.1 Å². The second-order valence-corrected chi connectivity index (χ2v) is 5.83. The van der Waals surface area contributed by atoms with E-state index in [9.17, 15) is 9.90 Å². The van der Waals surface area contributed by atoms with Gasteiger partial charge in [-0.1, -0.05) is 6.07 Å². The standard InChI is InChI=1S/C18H16N2O3/c1-18(2)14(11-21)17(20-8-4-3-5-16(20)22)13-9-12(10-19)6-7-15(13)23-18/h3-9,21H,11H2,1-2H3. The van der Waals surface area contributed by atoms with Crippen LogP contribution in [-0.4, -0.2) is 21.9 Å². The van der Waals surface area contributed by atoms with Crippen molar-refractivity contribution in [3.05, 3.63) is 69.6 Å². The number of hydrogen-bond donors (Lipinski definition) is 1. The summed E-state index contributed by atoms with van der Waals surface area (Å²) in [4.78, 5) is 12.3. The van der Waals surface area contributed by atoms with Crippen molar-refractivity contribution in [3.63, 3.8) is 0 Å². The minimum Gasteiger partial charge on any atom is -0.483 e. The minimum absolute atomic E-state index is 0.209. The lowest BCUT2D eigenvalue weighted by Gasteiger charge is -2.36. The Morgan fingerprint density at radius 2 is 2.09 bits per heavy atom. The fraction of sp³-hybridized carbons (Fsp3) is 0.222. The molecule has 5 nitrogen and oxygen atoms in total. The van der Waals surface area contributed by atoms with Crippen LogP contribution in [0.4, 0.5) is 0 Å². The molecule has 0 atom stereocenters. The SMILES string of the molecule is CC1(C)Oc2ccc(C#N)cc2C(n2ccccc2=O)=C1CO. The van der Waals surface area contributed by atoms with Gasteiger partial charge in [0.05, 0.1) is 23.9 Å². The lowest BCUT2D eigenvalue weighted by Crippen LogP contribution is -2.38. The molecule has 1 N–H and O–H groups in total. The summed E-state index contributed by atoms with van der Waals surface area (Å²) in [5, 5.41) is 19.0. The van der Waals surface area contributed by atoms with E-state index < -0.39 is 5.60 Å². The maximum atomic E-state index is 12.3. The first-order valence-electron chi connectivity index (χ1n) is 7.24. The zero-order chi connectivity index (χ0) is 16.6. The van der Waals surface area contributed by atoms with E-state index in [1.165, 1.54) is 10.6 Å². The molecular formula is C18H16N2O3. The molecule has 1 aromatic heterocycles. The number of hydrogen-bond acceptors (Lipinski definition) is 4. The third kappa shape index (κ3) is 2.43. The second-order valence-electron chi connectivity index (χ2n) is 5.83. The van der Waals surface area contributed by atoms with E-state index >= 15 is 0 Å². The van der Waals surface area contributed by atoms with Crippen LogP contribution in [0.5, 0.6) is 5.75 Å². The van der Waals surface area contributed by atoms with Crippen molar-refractivity contribution in [2.24, 2.45) is 0 Å². The van der Waals surface area contributed by atoms with E-state index in [1.54, 1.807) is 36.5 Å². The third-order valence-electron chi connectivity index (χ3n) is 3.96. The number of aliphatic hydroxyl groups excluding tert-OH is 1. The van der Waals surface area contributed by atoms with Crippen LogP contribution >= 0.6 is 0 Å². The van der Waals surface area contributed by atoms with E-state index in [1.807, 2.05) is 13.8 Å². The van der Waals surface area contributed by atoms with E-state index in [0.29, 0.717) is 28.1 Å². The smallest absolute Gasteiger partial charge is 0.255 e. The van der Waals surface area contributed by atoms with Gasteiger partial charge in [0, 0.05) is 23.4 Å². The molecule has 2 heterocycles. The molecule has 0 bridgehead atoms. The average molecular weight is 308 g/mol. The van der Waals surface area contributed by atoms with Crippen LogP contribution < -0.4 is 10.3 Å². The molecule has 1 aliphatic rings. The molecule has 0 spiro atoms. The maximum absolute atomic E-state index is 12.3. The fourth-order valence-electron chi connectivity index (χ4n) is 2.81. The first-order chi connectivity index (χ1) is 11.0. The topological polar surface area (TPSA) is 75.2 Å². The number of nitrogens with zero attached hydrogens (tertiary/aromatic N) is 2. The maximum Gasteiger partial charge on any atom is 0.255 e. The summed E-state index contributed by atoms with van der Waals surface area (Å²) in [5.74, 6) is 0.581. The molecule has 23 heavy (non-hydrogen) atoms. The van der Waals surface area contributed by atoms with E-state index in [0.717, 1.165) is 0 Å². The summed E-state index contributed by atoms with van der Waals surface area (Å²) < 4.78 is 7.45. The molecule has 5 heteroatoms. The molecule has 116 valence electrons. The number of aromatic nitrogens is 1. The molecule has 3 rings (SSSR count). The van der Waals surface area contributed by atoms with E-state index in [4.69, 9.17) is 10.00 Å². The van der Waals surface area contributed by atoms with Gasteiger partial charge in [-0.15, -0.1) is 0 Å². The molecular weight excluding hydrogens is 292 g/mol. The number of aliphatic hydroxyl groups is 1. The lowest BCUT2D eigenvalue weighted by atomic mass is 9.89. The molecule has 0 aliphatic carbocycles. The van der Waals surface area contributed by atoms with Gasteiger partial charge < -0.3 is 9.84 Å². The molecule has 0 fully saturated rings. The van der Waals surface area contributed by atoms with Crippen molar-refractivity contribution < 1.29 is 9.84 Å². The highest BCUT2D eigenvalue weighted by molar-refractivity contribution is 5.77. The monoisotopic (exact) mass is 308 g/mol. The summed E-state index contributed by atoms with van der Waals surface area (Å²) in [5.41, 5.74) is 1.28. The number of benzene rings is 1. The van der Waals surface area contributed by atoms with Crippen LogP contribution in [0.3, 0.4) is 0 Å². The predicted molar refractivity (Wildman–Crippen MR) is 86.0 cm³/mol. The van der Waals surface area contributed by atoms with Gasteiger partial charge in [0.2, 0.25) is 0 Å². The van der Waals surface area contributed by atoms with Crippen molar-refractivity contribution >= 4 is 5.70 Å². The zero-order valence-corrected chi connectivity index (χ0v) is 12.9. The van der Waals surface area contributed by atoms with Gasteiger partial charge in [-0.3, -0.25) is 9.36 Å². The average Bonchev–Trinajstić information content (AvgIpc) is 2.53. The molecule has 0 amide bonds. The van der Waals surface area contributed by atoms with Gasteiger partial charge >= 0.3 is 0 Å². The highest BCUT2D eigenvalue weighted by Gasteiger charge is 2.35. The summed E-state index contributed by atoms with van der Waals surface area (Å²) in [6, 6.07) is 12.0. The van der Waals surface area contributed by atoms with Crippen LogP contribution in [0.1, 0.15) is 25.0 Å². The quantitative estimate of drug-likeness (QED) is 0.922. The molecule has 0 saturated heterocycles. The Labute approximate surface area is 133 Å². The Morgan fingerprint density at radius 3 is 2.74 bits per heavy atom. The Bertz CT molecular complexity index is 901. The third-order valence-corrected chi connectivity index (χ3v) is 3.96. The summed E-state index contributed by atoms with van der Waals surface area (Å²) in [6.45, 7) is 3.43. The molecule has 2 aromatic rings. The van der Waals surface area contributed by atoms with Crippen LogP contribution in [0.2, 0.25) is 0 Å². The summed E-state index contributed by atoms with van der Waals surface area (Å²) in [6.07, 6.45) is 1.65. The highest BCUT2D eigenvalue weighted by Crippen LogP contribution is 2.41. The Morgan fingerprint density at radius 1 is 1.30 bits per heavy atom. The van der Waals surface area contributed by atoms with Crippen LogP contribution in [0.25, 0.3) is 5.70 Å². The van der Waals surface area contributed by atoms with Crippen molar-refractivity contribution in [1.29, 1.82) is 5.26 Å². The van der Waals surface area contributed by atoms with E-state index in [-0.39, 0.29) is 12.2 Å². The first kappa shape index (κ1) is 15.1. The van der Waals surface area contributed by atoms with Gasteiger partial charge in [0.1, 0.15) is 11.4 Å². The predicted octanol–water partition coefficient (Wildman–Crippen LogP) is 2.14. The number of rotatable bonds is 2. The Balaban J connectivity index is 2.40. The van der Waals surface area contributed by atoms with Crippen molar-refractivity contribution in [1.82, 2.24) is 4.57 Å². The number of ether oxygens (including phenoxy) is 1. The van der Waals surface area contributed by atoms with Crippen LogP contribution in [0, 0.1) is 11.3 Å². The minimum atomic E-state index is -0.763. The second kappa shape index (κ2) is 5.41. The van der Waals surface area contributed by atoms with Gasteiger partial charge in [-0.2, -0.15) is 5.26 Å². The van der Waals surface area contributed by atoms with Gasteiger partial charge in [0.25, 0.3) is 5.56 Å². The molecule has 0 radical (unpaired) electrons. The normalized spacial score (nSPS) is 15.6. The van der Waals surface area contributed by atoms with E-state index in [2.05, 4.69) is 6.07 Å². The van der Waals surface area contributed by atoms with Crippen molar-refractivity contribution in [2.45, 2.75) is 19.4 Å². The number of pyridine rings is 1. The first-order valence-corrected chi connectivity index (χ1v) is 7.24. The Hall–Kier alpha value is -2.84. The van der Waals surface area contributed by atoms with Gasteiger partial charge in [0.15, 0.2) is 0 Å². The van der Waals surface area contributed by atoms with Crippen LogP contribution in [0.15, 0.2) is 53.0 Å². The summed E-state index contributed by atoms with van der Waals surface area (Å²) in [7, 11) is 0. The highest BCUT2D eigenvalue weighted by atomic mass is 16.5. The number of fused-ring (bicyclic) bond motifs is 1. The van der Waals surface area contributed by atoms with Crippen LogP contribution in [-0.2, 0) is 0 Å². The molecule has 1 aliphatic heterocycles. The Kier molecular flexibility index (Phi) is 3.55. The largest absolute Gasteiger partial charge is 0.483 e. The molecule has 0 saturated carbocycles.